The quantitative estimate of drug-likeness (QED) is 0.792. The summed E-state index contributed by atoms with van der Waals surface area (Å²) in [5.74, 6) is 0.454. The number of piperidine rings is 1. The minimum atomic E-state index is -0.0145. The van der Waals surface area contributed by atoms with Crippen LogP contribution in [0.5, 0.6) is 11.9 Å². The van der Waals surface area contributed by atoms with Crippen molar-refractivity contribution in [2.45, 2.75) is 31.5 Å². The van der Waals surface area contributed by atoms with Crippen LogP contribution in [0.3, 0.4) is 0 Å². The maximum Gasteiger partial charge on any atom is 0.316 e. The van der Waals surface area contributed by atoms with E-state index in [1.165, 1.54) is 0 Å². The highest BCUT2D eigenvalue weighted by atomic mass is 16.5. The molecule has 2 fully saturated rings. The normalized spacial score (nSPS) is 20.4. The molecular formula is C19H22N4O4. The van der Waals surface area contributed by atoms with Crippen LogP contribution >= 0.6 is 0 Å². The Labute approximate surface area is 157 Å². The molecule has 2 aromatic rings. The van der Waals surface area contributed by atoms with Crippen LogP contribution in [-0.4, -0.2) is 64.3 Å². The summed E-state index contributed by atoms with van der Waals surface area (Å²) in [7, 11) is 0. The third-order valence-corrected chi connectivity index (χ3v) is 4.70. The molecule has 8 heteroatoms. The second-order valence-corrected chi connectivity index (χ2v) is 6.63. The van der Waals surface area contributed by atoms with Crippen LogP contribution in [0.4, 0.5) is 0 Å². The van der Waals surface area contributed by atoms with E-state index in [0.717, 1.165) is 19.3 Å². The number of aromatic nitrogens is 3. The van der Waals surface area contributed by atoms with E-state index < -0.39 is 0 Å². The predicted molar refractivity (Wildman–Crippen MR) is 95.7 cm³/mol. The Kier molecular flexibility index (Phi) is 5.43. The van der Waals surface area contributed by atoms with Crippen LogP contribution < -0.4 is 9.47 Å². The van der Waals surface area contributed by atoms with Gasteiger partial charge in [-0.15, -0.1) is 0 Å². The van der Waals surface area contributed by atoms with Crippen LogP contribution in [0, 0.1) is 0 Å². The lowest BCUT2D eigenvalue weighted by atomic mass is 10.1. The highest BCUT2D eigenvalue weighted by molar-refractivity contribution is 5.94. The summed E-state index contributed by atoms with van der Waals surface area (Å²) in [5, 5.41) is 0. The zero-order valence-electron chi connectivity index (χ0n) is 15.0. The molecule has 0 spiro atoms. The van der Waals surface area contributed by atoms with Gasteiger partial charge >= 0.3 is 6.01 Å². The van der Waals surface area contributed by atoms with Gasteiger partial charge in [0.15, 0.2) is 0 Å². The Balaban J connectivity index is 1.32. The SMILES string of the molecule is O=C(c1ccnc(O[C@H]2CCOC2)c1)N1CCC(Oc2ncccn2)CC1. The van der Waals surface area contributed by atoms with Gasteiger partial charge in [0, 0.05) is 62.6 Å². The predicted octanol–water partition coefficient (Wildman–Crippen LogP) is 1.72. The van der Waals surface area contributed by atoms with Gasteiger partial charge in [-0.25, -0.2) is 15.0 Å². The molecule has 2 aliphatic heterocycles. The largest absolute Gasteiger partial charge is 0.472 e. The topological polar surface area (TPSA) is 86.7 Å². The first-order chi connectivity index (χ1) is 13.3. The molecule has 27 heavy (non-hydrogen) atoms. The summed E-state index contributed by atoms with van der Waals surface area (Å²) < 4.78 is 16.9. The third-order valence-electron chi connectivity index (χ3n) is 4.70. The van der Waals surface area contributed by atoms with Gasteiger partial charge in [-0.1, -0.05) is 0 Å². The third kappa shape index (κ3) is 4.51. The van der Waals surface area contributed by atoms with Crippen molar-refractivity contribution in [1.82, 2.24) is 19.9 Å². The number of hydrogen-bond acceptors (Lipinski definition) is 7. The van der Waals surface area contributed by atoms with Gasteiger partial charge in [-0.05, 0) is 12.1 Å². The summed E-state index contributed by atoms with van der Waals surface area (Å²) in [6.45, 7) is 2.53. The maximum atomic E-state index is 12.8. The van der Waals surface area contributed by atoms with E-state index in [4.69, 9.17) is 14.2 Å². The molecule has 4 rings (SSSR count). The van der Waals surface area contributed by atoms with E-state index in [1.807, 2.05) is 4.90 Å². The van der Waals surface area contributed by atoms with E-state index in [0.29, 0.717) is 43.8 Å². The summed E-state index contributed by atoms with van der Waals surface area (Å²) >= 11 is 0. The first-order valence-electron chi connectivity index (χ1n) is 9.21. The molecule has 0 aromatic carbocycles. The van der Waals surface area contributed by atoms with Crippen LogP contribution in [0.1, 0.15) is 29.6 Å². The molecule has 0 aliphatic carbocycles. The Hall–Kier alpha value is -2.74. The van der Waals surface area contributed by atoms with Crippen molar-refractivity contribution in [3.63, 3.8) is 0 Å². The molecule has 2 aliphatic rings. The van der Waals surface area contributed by atoms with Gasteiger partial charge in [0.2, 0.25) is 5.88 Å². The van der Waals surface area contributed by atoms with Gasteiger partial charge < -0.3 is 19.1 Å². The lowest BCUT2D eigenvalue weighted by Gasteiger charge is -2.31. The number of pyridine rings is 1. The lowest BCUT2D eigenvalue weighted by Crippen LogP contribution is -2.42. The first kappa shape index (κ1) is 17.7. The summed E-state index contributed by atoms with van der Waals surface area (Å²) in [5.41, 5.74) is 0.588. The van der Waals surface area contributed by atoms with Gasteiger partial charge in [-0.3, -0.25) is 4.79 Å². The molecule has 2 saturated heterocycles. The Bertz CT molecular complexity index is 759. The monoisotopic (exact) mass is 370 g/mol. The van der Waals surface area contributed by atoms with Crippen molar-refractivity contribution in [2.75, 3.05) is 26.3 Å². The van der Waals surface area contributed by atoms with Crippen LogP contribution in [-0.2, 0) is 4.74 Å². The van der Waals surface area contributed by atoms with Crippen molar-refractivity contribution in [2.24, 2.45) is 0 Å². The van der Waals surface area contributed by atoms with Crippen molar-refractivity contribution < 1.29 is 19.0 Å². The molecule has 142 valence electrons. The molecule has 0 radical (unpaired) electrons. The number of carbonyl (C=O) groups is 1. The molecule has 0 saturated carbocycles. The molecule has 4 heterocycles. The van der Waals surface area contributed by atoms with E-state index in [-0.39, 0.29) is 18.1 Å². The standard InChI is InChI=1S/C19H22N4O4/c24-18(14-2-8-20-17(12-14)26-16-5-11-25-13-16)23-9-3-15(4-10-23)27-19-21-6-1-7-22-19/h1-2,6-8,12,15-16H,3-5,9-11,13H2/t16-/m0/s1. The minimum absolute atomic E-state index is 0.0101. The van der Waals surface area contributed by atoms with Crippen molar-refractivity contribution in [3.8, 4) is 11.9 Å². The second kappa shape index (κ2) is 8.30. The molecule has 0 N–H and O–H groups in total. The molecule has 8 nitrogen and oxygen atoms in total. The number of likely N-dealkylation sites (tertiary alicyclic amines) is 1. The number of nitrogens with zero attached hydrogens (tertiary/aromatic N) is 4. The average molecular weight is 370 g/mol. The number of amides is 1. The van der Waals surface area contributed by atoms with Crippen molar-refractivity contribution >= 4 is 5.91 Å². The Morgan fingerprint density at radius 3 is 2.59 bits per heavy atom. The van der Waals surface area contributed by atoms with Gasteiger partial charge in [0.05, 0.1) is 13.2 Å². The summed E-state index contributed by atoms with van der Waals surface area (Å²) in [6, 6.07) is 5.57. The van der Waals surface area contributed by atoms with Gasteiger partial charge in [-0.2, -0.15) is 0 Å². The van der Waals surface area contributed by atoms with E-state index in [1.54, 1.807) is 36.8 Å². The number of ether oxygens (including phenoxy) is 3. The molecule has 1 atom stereocenters. The summed E-state index contributed by atoms with van der Waals surface area (Å²) in [4.78, 5) is 27.0. The lowest BCUT2D eigenvalue weighted by molar-refractivity contribution is 0.0577. The van der Waals surface area contributed by atoms with Crippen LogP contribution in [0.25, 0.3) is 0 Å². The van der Waals surface area contributed by atoms with Crippen LogP contribution in [0.2, 0.25) is 0 Å². The summed E-state index contributed by atoms with van der Waals surface area (Å²) in [6.07, 6.45) is 7.30. The first-order valence-corrected chi connectivity index (χ1v) is 9.21. The number of carbonyl (C=O) groups excluding carboxylic acids is 1. The molecule has 2 aromatic heterocycles. The number of hydrogen-bond donors (Lipinski definition) is 0. The van der Waals surface area contributed by atoms with Crippen LogP contribution in [0.15, 0.2) is 36.8 Å². The minimum Gasteiger partial charge on any atom is -0.472 e. The molecule has 1 amide bonds. The van der Waals surface area contributed by atoms with E-state index >= 15 is 0 Å². The number of rotatable bonds is 5. The second-order valence-electron chi connectivity index (χ2n) is 6.63. The van der Waals surface area contributed by atoms with Crippen molar-refractivity contribution in [1.29, 1.82) is 0 Å². The van der Waals surface area contributed by atoms with Gasteiger partial charge in [0.1, 0.15) is 12.2 Å². The van der Waals surface area contributed by atoms with E-state index in [9.17, 15) is 4.79 Å². The fourth-order valence-corrected chi connectivity index (χ4v) is 3.24. The molecule has 0 bridgehead atoms. The maximum absolute atomic E-state index is 12.8. The van der Waals surface area contributed by atoms with Crippen molar-refractivity contribution in [3.05, 3.63) is 42.4 Å². The highest BCUT2D eigenvalue weighted by Crippen LogP contribution is 2.20. The fraction of sp³-hybridized carbons (Fsp3) is 0.474. The molecule has 0 unspecified atom stereocenters. The van der Waals surface area contributed by atoms with E-state index in [2.05, 4.69) is 15.0 Å². The molecular weight excluding hydrogens is 348 g/mol. The fourth-order valence-electron chi connectivity index (χ4n) is 3.24. The average Bonchev–Trinajstić information content (AvgIpc) is 3.22. The zero-order chi connectivity index (χ0) is 18.5. The Morgan fingerprint density at radius 1 is 1.04 bits per heavy atom. The Morgan fingerprint density at radius 2 is 1.85 bits per heavy atom. The highest BCUT2D eigenvalue weighted by Gasteiger charge is 2.26. The zero-order valence-corrected chi connectivity index (χ0v) is 15.0. The van der Waals surface area contributed by atoms with Gasteiger partial charge in [0.25, 0.3) is 5.91 Å². The smallest absolute Gasteiger partial charge is 0.316 e.